The number of hydrogen-bond donors (Lipinski definition) is 0. The molecule has 0 aliphatic heterocycles. The van der Waals surface area contributed by atoms with Crippen LogP contribution in [0.5, 0.6) is 5.75 Å². The minimum absolute atomic E-state index is 0.152. The summed E-state index contributed by atoms with van der Waals surface area (Å²) in [6.07, 6.45) is -8.87. The SMILES string of the molecule is Cc1cccc(OCCC(O[Si](C)(C)C)N(C(=O)C(F)(F)C(F)(F)C(F)(F)F)C(C)(C)C)c1[N+](=O)[O-]. The van der Waals surface area contributed by atoms with E-state index < -0.39 is 62.0 Å². The number of amides is 1. The number of ether oxygens (including phenoxy) is 1. The van der Waals surface area contributed by atoms with Gasteiger partial charge in [-0.05, 0) is 53.4 Å². The molecule has 7 nitrogen and oxygen atoms in total. The number of carbonyl (C=O) groups excluding carboxylic acids is 1. The molecule has 0 bridgehead atoms. The first-order valence-corrected chi connectivity index (χ1v) is 14.1. The molecule has 0 heterocycles. The molecule has 1 rings (SSSR count). The zero-order chi connectivity index (χ0) is 28.5. The molecule has 0 fully saturated rings. The fourth-order valence-electron chi connectivity index (χ4n) is 3.23. The molecule has 0 aliphatic rings. The van der Waals surface area contributed by atoms with Gasteiger partial charge in [-0.15, -0.1) is 0 Å². The third kappa shape index (κ3) is 7.08. The predicted molar refractivity (Wildman–Crippen MR) is 119 cm³/mol. The lowest BCUT2D eigenvalue weighted by Crippen LogP contribution is -2.66. The highest BCUT2D eigenvalue weighted by atomic mass is 28.4. The Morgan fingerprint density at radius 3 is 2.03 bits per heavy atom. The number of carbonyl (C=O) groups is 1. The van der Waals surface area contributed by atoms with Gasteiger partial charge in [0, 0.05) is 17.5 Å². The summed E-state index contributed by atoms with van der Waals surface area (Å²) in [5, 5.41) is 11.3. The van der Waals surface area contributed by atoms with Gasteiger partial charge in [-0.25, -0.2) is 0 Å². The van der Waals surface area contributed by atoms with E-state index in [2.05, 4.69) is 0 Å². The second-order valence-electron chi connectivity index (χ2n) is 9.99. The number of rotatable bonds is 10. The molecule has 1 aromatic carbocycles. The molecular formula is C21H29F7N2O5Si. The predicted octanol–water partition coefficient (Wildman–Crippen LogP) is 6.31. The second kappa shape index (κ2) is 10.5. The normalized spacial score (nSPS) is 14.4. The van der Waals surface area contributed by atoms with E-state index in [9.17, 15) is 45.6 Å². The van der Waals surface area contributed by atoms with Crippen molar-refractivity contribution < 1.29 is 49.6 Å². The smallest absolute Gasteiger partial charge is 0.460 e. The van der Waals surface area contributed by atoms with Gasteiger partial charge in [0.1, 0.15) is 6.23 Å². The van der Waals surface area contributed by atoms with E-state index in [-0.39, 0.29) is 21.9 Å². The van der Waals surface area contributed by atoms with Gasteiger partial charge in [-0.1, -0.05) is 12.1 Å². The van der Waals surface area contributed by atoms with E-state index >= 15 is 0 Å². The zero-order valence-electron chi connectivity index (χ0n) is 20.8. The van der Waals surface area contributed by atoms with Crippen molar-refractivity contribution in [3.8, 4) is 5.75 Å². The maximum absolute atomic E-state index is 14.4. The van der Waals surface area contributed by atoms with Crippen LogP contribution in [0.25, 0.3) is 0 Å². The lowest BCUT2D eigenvalue weighted by atomic mass is 10.0. The lowest BCUT2D eigenvalue weighted by molar-refractivity contribution is -0.386. The van der Waals surface area contributed by atoms with Gasteiger partial charge in [0.05, 0.1) is 11.5 Å². The number of aryl methyl sites for hydroxylation is 1. The highest BCUT2D eigenvalue weighted by Gasteiger charge is 2.77. The summed E-state index contributed by atoms with van der Waals surface area (Å²) >= 11 is 0. The summed E-state index contributed by atoms with van der Waals surface area (Å²) < 4.78 is 106. The monoisotopic (exact) mass is 550 g/mol. The number of benzene rings is 1. The molecular weight excluding hydrogens is 521 g/mol. The highest BCUT2D eigenvalue weighted by Crippen LogP contribution is 2.48. The number of para-hydroxylation sites is 1. The van der Waals surface area contributed by atoms with E-state index in [4.69, 9.17) is 9.16 Å². The van der Waals surface area contributed by atoms with Crippen molar-refractivity contribution in [2.75, 3.05) is 6.61 Å². The number of hydrogen-bond acceptors (Lipinski definition) is 5. The van der Waals surface area contributed by atoms with Crippen LogP contribution in [0.3, 0.4) is 0 Å². The summed E-state index contributed by atoms with van der Waals surface area (Å²) in [7, 11) is -2.73. The fraction of sp³-hybridized carbons (Fsp3) is 0.667. The summed E-state index contributed by atoms with van der Waals surface area (Å²) in [6, 6.07) is 4.17. The molecule has 15 heteroatoms. The molecule has 0 spiro atoms. The third-order valence-electron chi connectivity index (χ3n) is 4.74. The molecule has 206 valence electrons. The van der Waals surface area contributed by atoms with E-state index in [0.717, 1.165) is 0 Å². The Balaban J connectivity index is 3.42. The number of alkyl halides is 7. The molecule has 0 saturated heterocycles. The number of nitro groups is 1. The van der Waals surface area contributed by atoms with Crippen LogP contribution in [-0.4, -0.2) is 60.4 Å². The highest BCUT2D eigenvalue weighted by molar-refractivity contribution is 6.69. The van der Waals surface area contributed by atoms with E-state index in [0.29, 0.717) is 0 Å². The van der Waals surface area contributed by atoms with Crippen LogP contribution in [-0.2, 0) is 9.22 Å². The molecule has 1 aromatic rings. The molecule has 36 heavy (non-hydrogen) atoms. The van der Waals surface area contributed by atoms with Crippen LogP contribution < -0.4 is 4.74 Å². The minimum Gasteiger partial charge on any atom is -0.487 e. The third-order valence-corrected chi connectivity index (χ3v) is 5.72. The van der Waals surface area contributed by atoms with E-state index in [1.807, 2.05) is 0 Å². The van der Waals surface area contributed by atoms with E-state index in [1.165, 1.54) is 45.9 Å². The maximum Gasteiger partial charge on any atom is 0.460 e. The summed E-state index contributed by atoms with van der Waals surface area (Å²) in [4.78, 5) is 23.5. The van der Waals surface area contributed by atoms with Crippen molar-refractivity contribution in [2.45, 2.75) is 83.5 Å². The fourth-order valence-corrected chi connectivity index (χ4v) is 4.27. The molecule has 1 amide bonds. The van der Waals surface area contributed by atoms with Crippen LogP contribution >= 0.6 is 0 Å². The van der Waals surface area contributed by atoms with Crippen LogP contribution in [0.15, 0.2) is 18.2 Å². The van der Waals surface area contributed by atoms with Gasteiger partial charge in [0.25, 0.3) is 0 Å². The van der Waals surface area contributed by atoms with Gasteiger partial charge in [-0.2, -0.15) is 30.7 Å². The van der Waals surface area contributed by atoms with Gasteiger partial charge in [0.15, 0.2) is 14.1 Å². The van der Waals surface area contributed by atoms with Gasteiger partial charge in [-0.3, -0.25) is 14.9 Å². The Morgan fingerprint density at radius 1 is 1.08 bits per heavy atom. The van der Waals surface area contributed by atoms with Crippen LogP contribution in [0.1, 0.15) is 32.8 Å². The van der Waals surface area contributed by atoms with Gasteiger partial charge < -0.3 is 14.1 Å². The summed E-state index contributed by atoms with van der Waals surface area (Å²) in [6.45, 7) is 9.23. The second-order valence-corrected chi connectivity index (χ2v) is 14.5. The lowest BCUT2D eigenvalue weighted by Gasteiger charge is -2.45. The molecule has 0 N–H and O–H groups in total. The average molecular weight is 551 g/mol. The number of nitrogens with zero attached hydrogens (tertiary/aromatic N) is 2. The summed E-state index contributed by atoms with van der Waals surface area (Å²) in [5.74, 6) is -15.8. The van der Waals surface area contributed by atoms with Crippen LogP contribution in [0, 0.1) is 17.0 Å². The van der Waals surface area contributed by atoms with Crippen molar-refractivity contribution in [1.29, 1.82) is 0 Å². The average Bonchev–Trinajstić information content (AvgIpc) is 2.64. The Labute approximate surface area is 204 Å². The minimum atomic E-state index is -6.70. The van der Waals surface area contributed by atoms with Crippen molar-refractivity contribution in [1.82, 2.24) is 4.90 Å². The Bertz CT molecular complexity index is 959. The zero-order valence-corrected chi connectivity index (χ0v) is 21.8. The molecule has 1 unspecified atom stereocenters. The Hall–Kier alpha value is -2.42. The van der Waals surface area contributed by atoms with Crippen molar-refractivity contribution in [2.24, 2.45) is 0 Å². The topological polar surface area (TPSA) is 81.9 Å². The van der Waals surface area contributed by atoms with E-state index in [1.54, 1.807) is 19.6 Å². The van der Waals surface area contributed by atoms with Crippen molar-refractivity contribution in [3.05, 3.63) is 33.9 Å². The Kier molecular flexibility index (Phi) is 9.23. The number of halogens is 7. The Morgan fingerprint density at radius 2 is 1.61 bits per heavy atom. The molecule has 0 aromatic heterocycles. The molecule has 1 atom stereocenters. The quantitative estimate of drug-likeness (QED) is 0.112. The number of nitro benzene ring substituents is 1. The first-order valence-electron chi connectivity index (χ1n) is 10.7. The standard InChI is InChI=1S/C21H29F7N2O5Si/c1-13-9-8-10-14(16(13)30(32)33)34-12-11-15(35-36(5,6)7)29(18(2,3)4)17(31)19(22,23)20(24,25)21(26,27)28/h8-10,15H,11-12H2,1-7H3. The van der Waals surface area contributed by atoms with Crippen LogP contribution in [0.4, 0.5) is 36.4 Å². The maximum atomic E-state index is 14.4. The van der Waals surface area contributed by atoms with Crippen LogP contribution in [0.2, 0.25) is 19.6 Å². The molecule has 0 aliphatic carbocycles. The largest absolute Gasteiger partial charge is 0.487 e. The molecule has 0 radical (unpaired) electrons. The first kappa shape index (κ1) is 31.6. The molecule has 0 saturated carbocycles. The van der Waals surface area contributed by atoms with Crippen molar-refractivity contribution in [3.63, 3.8) is 0 Å². The van der Waals surface area contributed by atoms with Gasteiger partial charge >= 0.3 is 29.6 Å². The van der Waals surface area contributed by atoms with Crippen molar-refractivity contribution >= 4 is 19.9 Å². The first-order chi connectivity index (χ1) is 15.9. The summed E-state index contributed by atoms with van der Waals surface area (Å²) in [5.41, 5.74) is -1.81. The van der Waals surface area contributed by atoms with Gasteiger partial charge in [0.2, 0.25) is 0 Å².